The first kappa shape index (κ1) is 17.9. The van der Waals surface area contributed by atoms with Crippen LogP contribution in [-0.4, -0.2) is 43.0 Å². The fourth-order valence-corrected chi connectivity index (χ4v) is 3.07. The van der Waals surface area contributed by atoms with Crippen LogP contribution in [0.2, 0.25) is 0 Å². The van der Waals surface area contributed by atoms with Gasteiger partial charge in [0.05, 0.1) is 0 Å². The van der Waals surface area contributed by atoms with Crippen molar-refractivity contribution in [3.05, 3.63) is 60.2 Å². The van der Waals surface area contributed by atoms with Crippen molar-refractivity contribution in [1.82, 2.24) is 10.2 Å². The third-order valence-corrected chi connectivity index (χ3v) is 4.60. The van der Waals surface area contributed by atoms with Crippen LogP contribution in [0, 0.1) is 0 Å². The van der Waals surface area contributed by atoms with Gasteiger partial charge in [-0.3, -0.25) is 4.79 Å². The topological polar surface area (TPSA) is 73.5 Å². The molecule has 1 saturated heterocycles. The summed E-state index contributed by atoms with van der Waals surface area (Å²) in [5, 5.41) is 8.83. The van der Waals surface area contributed by atoms with Crippen LogP contribution in [0.15, 0.2) is 54.6 Å². The zero-order chi connectivity index (χ0) is 18.4. The first-order chi connectivity index (χ1) is 12.6. The summed E-state index contributed by atoms with van der Waals surface area (Å²) in [6.45, 7) is 1.89. The van der Waals surface area contributed by atoms with E-state index < -0.39 is 0 Å². The molecular formula is C20H24N4O2. The molecule has 2 aromatic rings. The van der Waals surface area contributed by atoms with E-state index in [1.165, 1.54) is 0 Å². The number of urea groups is 1. The number of nitrogens with one attached hydrogen (secondary N) is 3. The number of carbonyl (C=O) groups is 2. The summed E-state index contributed by atoms with van der Waals surface area (Å²) in [7, 11) is 1.86. The predicted octanol–water partition coefficient (Wildman–Crippen LogP) is 3.15. The van der Waals surface area contributed by atoms with Gasteiger partial charge in [0.25, 0.3) is 5.91 Å². The first-order valence-electron chi connectivity index (χ1n) is 8.84. The van der Waals surface area contributed by atoms with Crippen molar-refractivity contribution in [2.24, 2.45) is 0 Å². The molecule has 0 aromatic heterocycles. The molecule has 3 amide bonds. The monoisotopic (exact) mass is 352 g/mol. The average molecular weight is 352 g/mol. The number of para-hydroxylation sites is 1. The van der Waals surface area contributed by atoms with Crippen molar-refractivity contribution in [2.45, 2.75) is 18.9 Å². The number of rotatable bonds is 4. The molecule has 0 saturated carbocycles. The Bertz CT molecular complexity index is 740. The van der Waals surface area contributed by atoms with Gasteiger partial charge in [0.1, 0.15) is 0 Å². The van der Waals surface area contributed by atoms with Gasteiger partial charge in [0.15, 0.2) is 0 Å². The molecule has 3 rings (SSSR count). The third kappa shape index (κ3) is 4.61. The Morgan fingerprint density at radius 2 is 1.50 bits per heavy atom. The maximum atomic E-state index is 12.6. The molecule has 1 aliphatic rings. The summed E-state index contributed by atoms with van der Waals surface area (Å²) in [6.07, 6.45) is 1.95. The van der Waals surface area contributed by atoms with Crippen molar-refractivity contribution in [1.29, 1.82) is 0 Å². The van der Waals surface area contributed by atoms with Crippen LogP contribution in [0.3, 0.4) is 0 Å². The first-order valence-corrected chi connectivity index (χ1v) is 8.84. The average Bonchev–Trinajstić information content (AvgIpc) is 2.69. The molecule has 0 bridgehead atoms. The summed E-state index contributed by atoms with van der Waals surface area (Å²) in [4.78, 5) is 26.5. The molecule has 0 radical (unpaired) electrons. The van der Waals surface area contributed by atoms with Gasteiger partial charge in [-0.2, -0.15) is 0 Å². The number of benzene rings is 2. The molecule has 26 heavy (non-hydrogen) atoms. The molecule has 1 aliphatic heterocycles. The molecule has 6 heteroatoms. The second-order valence-electron chi connectivity index (χ2n) is 6.42. The summed E-state index contributed by atoms with van der Waals surface area (Å²) < 4.78 is 0. The van der Waals surface area contributed by atoms with Crippen molar-refractivity contribution in [3.8, 4) is 0 Å². The van der Waals surface area contributed by atoms with Crippen molar-refractivity contribution < 1.29 is 9.59 Å². The van der Waals surface area contributed by atoms with Crippen molar-refractivity contribution in [2.75, 3.05) is 30.8 Å². The summed E-state index contributed by atoms with van der Waals surface area (Å²) in [5.74, 6) is 0.0113. The van der Waals surface area contributed by atoms with Crippen LogP contribution < -0.4 is 16.0 Å². The normalized spacial score (nSPS) is 14.5. The maximum absolute atomic E-state index is 12.6. The smallest absolute Gasteiger partial charge is 0.323 e. The Morgan fingerprint density at radius 3 is 2.12 bits per heavy atom. The number of nitrogens with zero attached hydrogens (tertiary/aromatic N) is 1. The van der Waals surface area contributed by atoms with E-state index in [0.717, 1.165) is 31.6 Å². The Labute approximate surface area is 153 Å². The van der Waals surface area contributed by atoms with Gasteiger partial charge in [0.2, 0.25) is 0 Å². The summed E-state index contributed by atoms with van der Waals surface area (Å²) in [6, 6.07) is 16.2. The van der Waals surface area contributed by atoms with E-state index in [0.29, 0.717) is 11.3 Å². The van der Waals surface area contributed by atoms with E-state index in [9.17, 15) is 9.59 Å². The summed E-state index contributed by atoms with van der Waals surface area (Å²) >= 11 is 0. The van der Waals surface area contributed by atoms with Gasteiger partial charge in [-0.25, -0.2) is 4.79 Å². The molecule has 136 valence electrons. The largest absolute Gasteiger partial charge is 0.339 e. The zero-order valence-electron chi connectivity index (χ0n) is 14.9. The molecule has 0 unspecified atom stereocenters. The molecule has 2 aromatic carbocycles. The highest BCUT2D eigenvalue weighted by molar-refractivity contribution is 6.00. The lowest BCUT2D eigenvalue weighted by molar-refractivity contribution is 0.0703. The summed E-state index contributed by atoms with van der Waals surface area (Å²) in [5.41, 5.74) is 1.99. The van der Waals surface area contributed by atoms with Gasteiger partial charge >= 0.3 is 6.03 Å². The minimum absolute atomic E-state index is 0.0113. The number of piperidine rings is 1. The third-order valence-electron chi connectivity index (χ3n) is 4.60. The van der Waals surface area contributed by atoms with E-state index in [-0.39, 0.29) is 18.0 Å². The number of hydrogen-bond acceptors (Lipinski definition) is 3. The molecule has 3 N–H and O–H groups in total. The minimum Gasteiger partial charge on any atom is -0.339 e. The molecule has 6 nitrogen and oxygen atoms in total. The molecule has 0 atom stereocenters. The number of amides is 3. The van der Waals surface area contributed by atoms with Crippen molar-refractivity contribution >= 4 is 23.3 Å². The van der Waals surface area contributed by atoms with Gasteiger partial charge in [-0.1, -0.05) is 18.2 Å². The van der Waals surface area contributed by atoms with E-state index in [1.54, 1.807) is 24.3 Å². The number of anilines is 2. The second-order valence-corrected chi connectivity index (χ2v) is 6.42. The Hall–Kier alpha value is -2.86. The highest BCUT2D eigenvalue weighted by Gasteiger charge is 2.22. The van der Waals surface area contributed by atoms with E-state index >= 15 is 0 Å². The lowest BCUT2D eigenvalue weighted by Gasteiger charge is -2.31. The van der Waals surface area contributed by atoms with Crippen LogP contribution >= 0.6 is 0 Å². The number of carbonyl (C=O) groups excluding carboxylic acids is 2. The predicted molar refractivity (Wildman–Crippen MR) is 104 cm³/mol. The van der Waals surface area contributed by atoms with Crippen LogP contribution in [-0.2, 0) is 0 Å². The van der Waals surface area contributed by atoms with Crippen LogP contribution in [0.4, 0.5) is 16.2 Å². The molecule has 1 fully saturated rings. The van der Waals surface area contributed by atoms with Crippen LogP contribution in [0.1, 0.15) is 23.2 Å². The zero-order valence-corrected chi connectivity index (χ0v) is 14.9. The molecule has 0 aliphatic carbocycles. The van der Waals surface area contributed by atoms with Crippen LogP contribution in [0.5, 0.6) is 0 Å². The van der Waals surface area contributed by atoms with Gasteiger partial charge in [-0.05, 0) is 62.3 Å². The second kappa shape index (κ2) is 8.49. The van der Waals surface area contributed by atoms with E-state index in [1.807, 2.05) is 42.3 Å². The standard InChI is InChI=1S/C20H24N4O2/c1-24(18-11-13-21-14-12-18)19(25)15-7-9-17(10-8-15)23-20(26)22-16-5-3-2-4-6-16/h2-10,18,21H,11-14H2,1H3,(H2,22,23,26). The Morgan fingerprint density at radius 1 is 0.923 bits per heavy atom. The van der Waals surface area contributed by atoms with Crippen LogP contribution in [0.25, 0.3) is 0 Å². The van der Waals surface area contributed by atoms with Gasteiger partial charge in [-0.15, -0.1) is 0 Å². The molecule has 0 spiro atoms. The van der Waals surface area contributed by atoms with Gasteiger partial charge in [0, 0.05) is 30.0 Å². The highest BCUT2D eigenvalue weighted by atomic mass is 16.2. The lowest BCUT2D eigenvalue weighted by Crippen LogP contribution is -2.43. The number of hydrogen-bond donors (Lipinski definition) is 3. The van der Waals surface area contributed by atoms with Gasteiger partial charge < -0.3 is 20.9 Å². The fourth-order valence-electron chi connectivity index (χ4n) is 3.07. The highest BCUT2D eigenvalue weighted by Crippen LogP contribution is 2.16. The lowest BCUT2D eigenvalue weighted by atomic mass is 10.0. The maximum Gasteiger partial charge on any atom is 0.323 e. The SMILES string of the molecule is CN(C(=O)c1ccc(NC(=O)Nc2ccccc2)cc1)C1CCNCC1. The minimum atomic E-state index is -0.317. The molecule has 1 heterocycles. The van der Waals surface area contributed by atoms with Crippen molar-refractivity contribution in [3.63, 3.8) is 0 Å². The van der Waals surface area contributed by atoms with E-state index in [4.69, 9.17) is 0 Å². The Kier molecular flexibility index (Phi) is 5.86. The van der Waals surface area contributed by atoms with E-state index in [2.05, 4.69) is 16.0 Å². The Balaban J connectivity index is 1.57. The fraction of sp³-hybridized carbons (Fsp3) is 0.300. The quantitative estimate of drug-likeness (QED) is 0.791. The molecular weight excluding hydrogens is 328 g/mol.